The van der Waals surface area contributed by atoms with Gasteiger partial charge < -0.3 is 18.3 Å². The topological polar surface area (TPSA) is 45.1 Å². The average Bonchev–Trinajstić information content (AvgIpc) is 3.87. The molecule has 0 amide bonds. The highest BCUT2D eigenvalue weighted by atomic mass is 16.5. The van der Waals surface area contributed by atoms with Gasteiger partial charge in [-0.05, 0) is 103 Å². The molecule has 0 spiro atoms. The monoisotopic (exact) mass is 681 g/mol. The second kappa shape index (κ2) is 11.5. The number of rotatable bonds is 5. The molecule has 0 atom stereocenters. The smallest absolute Gasteiger partial charge is 0.145 e. The van der Waals surface area contributed by atoms with Gasteiger partial charge in [-0.3, -0.25) is 4.98 Å². The molecule has 0 aliphatic rings. The summed E-state index contributed by atoms with van der Waals surface area (Å²) >= 11 is 0. The number of ether oxygens (including phenoxy) is 1. The third kappa shape index (κ3) is 4.47. The number of para-hydroxylation sites is 3. The Balaban J connectivity index is 1.14. The van der Waals surface area contributed by atoms with Crippen molar-refractivity contribution in [2.75, 3.05) is 0 Å². The molecule has 0 N–H and O–H groups in total. The molecule has 4 heterocycles. The third-order valence-electron chi connectivity index (χ3n) is 10.5. The van der Waals surface area contributed by atoms with Crippen LogP contribution in [0.3, 0.4) is 0 Å². The van der Waals surface area contributed by atoms with Crippen LogP contribution in [0, 0.1) is 6.92 Å². The first-order chi connectivity index (χ1) is 26.2. The molecular formula is C48H31N3O2. The number of aryl methyl sites for hydroxylation is 1. The van der Waals surface area contributed by atoms with Crippen LogP contribution in [0.25, 0.3) is 88.2 Å². The van der Waals surface area contributed by atoms with Gasteiger partial charge in [-0.1, -0.05) is 72.8 Å². The normalized spacial score (nSPS) is 11.9. The Labute approximate surface area is 304 Å². The lowest BCUT2D eigenvalue weighted by Crippen LogP contribution is -1.96. The Morgan fingerprint density at radius 3 is 1.75 bits per heavy atom. The molecular weight excluding hydrogens is 651 g/mol. The number of hydrogen-bond donors (Lipinski definition) is 0. The molecule has 11 aromatic rings. The quantitative estimate of drug-likeness (QED) is 0.182. The van der Waals surface area contributed by atoms with Crippen molar-refractivity contribution in [2.24, 2.45) is 0 Å². The van der Waals surface area contributed by atoms with Crippen LogP contribution in [0.4, 0.5) is 0 Å². The summed E-state index contributed by atoms with van der Waals surface area (Å²) in [4.78, 5) is 4.62. The predicted molar refractivity (Wildman–Crippen MR) is 217 cm³/mol. The lowest BCUT2D eigenvalue weighted by atomic mass is 10.1. The maximum Gasteiger partial charge on any atom is 0.145 e. The minimum absolute atomic E-state index is 0.822. The number of hydrogen-bond acceptors (Lipinski definition) is 3. The van der Waals surface area contributed by atoms with Crippen LogP contribution in [-0.2, 0) is 0 Å². The van der Waals surface area contributed by atoms with Crippen molar-refractivity contribution in [3.63, 3.8) is 0 Å². The van der Waals surface area contributed by atoms with Crippen LogP contribution >= 0.6 is 0 Å². The first-order valence-corrected chi connectivity index (χ1v) is 17.9. The van der Waals surface area contributed by atoms with Gasteiger partial charge in [-0.25, -0.2) is 0 Å². The summed E-state index contributed by atoms with van der Waals surface area (Å²) in [6.07, 6.45) is 1.84. The van der Waals surface area contributed by atoms with Gasteiger partial charge in [-0.15, -0.1) is 0 Å². The number of aromatic nitrogens is 3. The number of nitrogens with zero attached hydrogens (tertiary/aromatic N) is 3. The zero-order valence-electron chi connectivity index (χ0n) is 28.8. The Morgan fingerprint density at radius 1 is 0.491 bits per heavy atom. The number of benzene rings is 7. The molecule has 0 saturated heterocycles. The maximum absolute atomic E-state index is 7.14. The van der Waals surface area contributed by atoms with E-state index in [1.54, 1.807) is 0 Å². The van der Waals surface area contributed by atoms with E-state index >= 15 is 0 Å². The van der Waals surface area contributed by atoms with Crippen molar-refractivity contribution in [2.45, 2.75) is 6.92 Å². The van der Waals surface area contributed by atoms with E-state index in [-0.39, 0.29) is 0 Å². The average molecular weight is 682 g/mol. The predicted octanol–water partition coefficient (Wildman–Crippen LogP) is 12.9. The molecule has 5 nitrogen and oxygen atoms in total. The van der Waals surface area contributed by atoms with Gasteiger partial charge >= 0.3 is 0 Å². The minimum Gasteiger partial charge on any atom is -0.457 e. The van der Waals surface area contributed by atoms with E-state index in [9.17, 15) is 0 Å². The van der Waals surface area contributed by atoms with E-state index in [2.05, 4.69) is 142 Å². The van der Waals surface area contributed by atoms with Crippen molar-refractivity contribution in [3.05, 3.63) is 176 Å². The van der Waals surface area contributed by atoms with Crippen LogP contribution in [0.2, 0.25) is 0 Å². The van der Waals surface area contributed by atoms with E-state index < -0.39 is 0 Å². The van der Waals surface area contributed by atoms with Crippen LogP contribution in [0.15, 0.2) is 174 Å². The lowest BCUT2D eigenvalue weighted by Gasteiger charge is -2.13. The summed E-state index contributed by atoms with van der Waals surface area (Å²) in [6, 6.07) is 57.2. The molecule has 0 radical (unpaired) electrons. The summed E-state index contributed by atoms with van der Waals surface area (Å²) in [5, 5.41) is 6.74. The number of furan rings is 1. The van der Waals surface area contributed by atoms with Gasteiger partial charge in [-0.2, -0.15) is 0 Å². The largest absolute Gasteiger partial charge is 0.457 e. The fraction of sp³-hybridized carbons (Fsp3) is 0.0208. The van der Waals surface area contributed by atoms with E-state index in [1.165, 1.54) is 0 Å². The van der Waals surface area contributed by atoms with E-state index in [0.29, 0.717) is 0 Å². The lowest BCUT2D eigenvalue weighted by molar-refractivity contribution is 0.479. The fourth-order valence-electron chi connectivity index (χ4n) is 8.19. The molecule has 7 aromatic carbocycles. The summed E-state index contributed by atoms with van der Waals surface area (Å²) in [7, 11) is 0. The standard InChI is InChI=1S/C48H31N3O2/c1-30-28-33(21-26-44(30)52-34-14-3-2-4-15-34)51-41-20-8-6-17-38(41)46-43(51)25-23-36-35-22-24-42-45(47(35)53-48(36)46)37-16-5-7-19-40(37)50(42)32-13-11-12-31(29-32)39-18-9-10-27-49-39/h2-29H,1H3. The molecule has 5 heteroatoms. The zero-order chi connectivity index (χ0) is 35.0. The second-order valence-corrected chi connectivity index (χ2v) is 13.6. The van der Waals surface area contributed by atoms with Crippen LogP contribution in [0.5, 0.6) is 11.5 Å². The first-order valence-electron chi connectivity index (χ1n) is 17.9. The van der Waals surface area contributed by atoms with Crippen molar-refractivity contribution in [1.82, 2.24) is 14.1 Å². The Bertz CT molecular complexity index is 3210. The molecule has 0 fully saturated rings. The Hall–Kier alpha value is -7.11. The van der Waals surface area contributed by atoms with Crippen LogP contribution in [0.1, 0.15) is 5.56 Å². The Morgan fingerprint density at radius 2 is 1.11 bits per heavy atom. The van der Waals surface area contributed by atoms with E-state index in [4.69, 9.17) is 9.15 Å². The van der Waals surface area contributed by atoms with Gasteiger partial charge in [0.2, 0.25) is 0 Å². The Kier molecular flexibility index (Phi) is 6.40. The SMILES string of the molecule is Cc1cc(-n2c3ccccc3c3c4oc5c(ccc6c5c5ccccc5n6-c5cccc(-c6ccccn6)c5)c4ccc32)ccc1Oc1ccccc1. The highest BCUT2D eigenvalue weighted by Crippen LogP contribution is 2.45. The molecule has 0 aliphatic carbocycles. The molecule has 0 unspecified atom stereocenters. The molecule has 0 saturated carbocycles. The van der Waals surface area contributed by atoms with Crippen LogP contribution < -0.4 is 4.74 Å². The molecule has 4 aromatic heterocycles. The number of pyridine rings is 1. The van der Waals surface area contributed by atoms with Crippen molar-refractivity contribution < 1.29 is 9.15 Å². The van der Waals surface area contributed by atoms with Crippen molar-refractivity contribution in [1.29, 1.82) is 0 Å². The van der Waals surface area contributed by atoms with Gasteiger partial charge in [0, 0.05) is 44.7 Å². The maximum atomic E-state index is 7.14. The molecule has 250 valence electrons. The molecule has 0 bridgehead atoms. The van der Waals surface area contributed by atoms with Crippen LogP contribution in [-0.4, -0.2) is 14.1 Å². The van der Waals surface area contributed by atoms with Gasteiger partial charge in [0.05, 0.1) is 38.5 Å². The molecule has 11 rings (SSSR count). The van der Waals surface area contributed by atoms with Gasteiger partial charge in [0.15, 0.2) is 0 Å². The van der Waals surface area contributed by atoms with Gasteiger partial charge in [0.25, 0.3) is 0 Å². The van der Waals surface area contributed by atoms with Gasteiger partial charge in [0.1, 0.15) is 22.7 Å². The van der Waals surface area contributed by atoms with Crippen molar-refractivity contribution in [3.8, 4) is 34.1 Å². The molecule has 53 heavy (non-hydrogen) atoms. The zero-order valence-corrected chi connectivity index (χ0v) is 28.8. The third-order valence-corrected chi connectivity index (χ3v) is 10.5. The highest BCUT2D eigenvalue weighted by Gasteiger charge is 2.22. The fourth-order valence-corrected chi connectivity index (χ4v) is 8.19. The van der Waals surface area contributed by atoms with E-state index in [1.807, 2.05) is 48.7 Å². The first kappa shape index (κ1) is 29.6. The second-order valence-electron chi connectivity index (χ2n) is 13.6. The van der Waals surface area contributed by atoms with E-state index in [0.717, 1.165) is 105 Å². The minimum atomic E-state index is 0.822. The molecule has 0 aliphatic heterocycles. The summed E-state index contributed by atoms with van der Waals surface area (Å²) < 4.78 is 18.1. The van der Waals surface area contributed by atoms with Crippen molar-refractivity contribution >= 4 is 65.6 Å². The highest BCUT2D eigenvalue weighted by molar-refractivity contribution is 6.29. The number of fused-ring (bicyclic) bond motifs is 11. The summed E-state index contributed by atoms with van der Waals surface area (Å²) in [5.74, 6) is 1.66. The summed E-state index contributed by atoms with van der Waals surface area (Å²) in [6.45, 7) is 2.10. The summed E-state index contributed by atoms with van der Waals surface area (Å²) in [5.41, 5.74) is 11.5.